The predicted molar refractivity (Wildman–Crippen MR) is 48.8 cm³/mol. The molecule has 0 bridgehead atoms. The maximum absolute atomic E-state index is 7.00. The summed E-state index contributed by atoms with van der Waals surface area (Å²) in [4.78, 5) is 0. The molecule has 0 unspecified atom stereocenters. The smallest absolute Gasteiger partial charge is 0.0465 e. The van der Waals surface area contributed by atoms with Crippen molar-refractivity contribution >= 4 is 0 Å². The van der Waals surface area contributed by atoms with Crippen molar-refractivity contribution in [3.63, 3.8) is 0 Å². The van der Waals surface area contributed by atoms with Gasteiger partial charge in [0.05, 0.1) is 0 Å². The first-order valence-electron chi connectivity index (χ1n) is 4.44. The maximum atomic E-state index is 7.00. The van der Waals surface area contributed by atoms with Crippen LogP contribution in [0.3, 0.4) is 0 Å². The summed E-state index contributed by atoms with van der Waals surface area (Å²) < 4.78 is 5.31. The number of aliphatic hydroxyl groups is 1. The summed E-state index contributed by atoms with van der Waals surface area (Å²) in [7, 11) is 1.00. The Morgan fingerprint density at radius 2 is 1.27 bits per heavy atom. The van der Waals surface area contributed by atoms with Crippen LogP contribution >= 0.6 is 0 Å². The number of hydrogen-bond acceptors (Lipinski definition) is 2. The van der Waals surface area contributed by atoms with Crippen LogP contribution < -0.4 is 0 Å². The van der Waals surface area contributed by atoms with Gasteiger partial charge in [-0.25, -0.2) is 0 Å². The molecule has 0 aromatic rings. The summed E-state index contributed by atoms with van der Waals surface area (Å²) in [5.74, 6) is 0. The van der Waals surface area contributed by atoms with Crippen LogP contribution in [-0.2, 0) is 4.74 Å². The highest BCUT2D eigenvalue weighted by atomic mass is 16.5. The second-order valence-corrected chi connectivity index (χ2v) is 2.32. The zero-order valence-electron chi connectivity index (χ0n) is 8.10. The van der Waals surface area contributed by atoms with Crippen molar-refractivity contribution in [1.29, 1.82) is 0 Å². The first-order valence-corrected chi connectivity index (χ1v) is 4.44. The Labute approximate surface area is 70.6 Å². The van der Waals surface area contributed by atoms with Gasteiger partial charge < -0.3 is 9.84 Å². The molecular weight excluding hydrogens is 140 g/mol. The summed E-state index contributed by atoms with van der Waals surface area (Å²) in [6.45, 7) is 6.28. The van der Waals surface area contributed by atoms with Crippen molar-refractivity contribution in [2.45, 2.75) is 39.5 Å². The van der Waals surface area contributed by atoms with Gasteiger partial charge in [0, 0.05) is 20.3 Å². The highest BCUT2D eigenvalue weighted by Gasteiger charge is 1.84. The SMILES string of the molecule is CCCCOCCCC.CO. The fraction of sp³-hybridized carbons (Fsp3) is 1.00. The molecule has 0 saturated carbocycles. The summed E-state index contributed by atoms with van der Waals surface area (Å²) in [6, 6.07) is 0. The Morgan fingerprint density at radius 3 is 1.55 bits per heavy atom. The van der Waals surface area contributed by atoms with E-state index in [0.717, 1.165) is 20.3 Å². The Hall–Kier alpha value is -0.0800. The van der Waals surface area contributed by atoms with Gasteiger partial charge in [0.25, 0.3) is 0 Å². The fourth-order valence-corrected chi connectivity index (χ4v) is 0.595. The van der Waals surface area contributed by atoms with E-state index < -0.39 is 0 Å². The van der Waals surface area contributed by atoms with Crippen LogP contribution in [0.2, 0.25) is 0 Å². The van der Waals surface area contributed by atoms with Crippen molar-refractivity contribution in [2.75, 3.05) is 20.3 Å². The zero-order chi connectivity index (χ0) is 8.95. The van der Waals surface area contributed by atoms with E-state index in [4.69, 9.17) is 9.84 Å². The Bertz CT molecular complexity index is 40.8. The van der Waals surface area contributed by atoms with E-state index in [1.165, 1.54) is 25.7 Å². The van der Waals surface area contributed by atoms with E-state index in [1.807, 2.05) is 0 Å². The van der Waals surface area contributed by atoms with Crippen molar-refractivity contribution in [1.82, 2.24) is 0 Å². The third-order valence-electron chi connectivity index (χ3n) is 1.28. The molecule has 0 aliphatic carbocycles. The molecule has 70 valence electrons. The zero-order valence-corrected chi connectivity index (χ0v) is 8.10. The Balaban J connectivity index is 0. The fourth-order valence-electron chi connectivity index (χ4n) is 0.595. The van der Waals surface area contributed by atoms with Crippen molar-refractivity contribution in [3.8, 4) is 0 Å². The molecule has 2 nitrogen and oxygen atoms in total. The molecule has 0 aromatic heterocycles. The number of unbranched alkanes of at least 4 members (excludes halogenated alkanes) is 2. The van der Waals surface area contributed by atoms with Gasteiger partial charge in [-0.15, -0.1) is 0 Å². The van der Waals surface area contributed by atoms with Crippen LogP contribution in [0.15, 0.2) is 0 Å². The van der Waals surface area contributed by atoms with Crippen molar-refractivity contribution in [3.05, 3.63) is 0 Å². The molecule has 0 aliphatic heterocycles. The monoisotopic (exact) mass is 162 g/mol. The summed E-state index contributed by atoms with van der Waals surface area (Å²) in [5.41, 5.74) is 0. The molecule has 0 aliphatic rings. The van der Waals surface area contributed by atoms with Crippen LogP contribution in [0, 0.1) is 0 Å². The largest absolute Gasteiger partial charge is 0.400 e. The number of rotatable bonds is 6. The average molecular weight is 162 g/mol. The van der Waals surface area contributed by atoms with Gasteiger partial charge in [-0.2, -0.15) is 0 Å². The lowest BCUT2D eigenvalue weighted by molar-refractivity contribution is 0.128. The van der Waals surface area contributed by atoms with Crippen LogP contribution in [-0.4, -0.2) is 25.4 Å². The molecule has 0 fully saturated rings. The molecule has 1 N–H and O–H groups in total. The van der Waals surface area contributed by atoms with Gasteiger partial charge in [0.2, 0.25) is 0 Å². The summed E-state index contributed by atoms with van der Waals surface area (Å²) in [5, 5.41) is 7.00. The predicted octanol–water partition coefficient (Wildman–Crippen LogP) is 2.21. The molecule has 0 atom stereocenters. The quantitative estimate of drug-likeness (QED) is 0.607. The Kier molecular flexibility index (Phi) is 20.2. The van der Waals surface area contributed by atoms with Gasteiger partial charge in [-0.05, 0) is 12.8 Å². The topological polar surface area (TPSA) is 29.5 Å². The lowest BCUT2D eigenvalue weighted by Crippen LogP contribution is -1.95. The third-order valence-corrected chi connectivity index (χ3v) is 1.28. The van der Waals surface area contributed by atoms with Gasteiger partial charge >= 0.3 is 0 Å². The highest BCUT2D eigenvalue weighted by Crippen LogP contribution is 1.91. The minimum absolute atomic E-state index is 0.955. The second-order valence-electron chi connectivity index (χ2n) is 2.32. The van der Waals surface area contributed by atoms with E-state index in [9.17, 15) is 0 Å². The maximum Gasteiger partial charge on any atom is 0.0465 e. The molecule has 0 rings (SSSR count). The normalized spacial score (nSPS) is 8.73. The van der Waals surface area contributed by atoms with Crippen molar-refractivity contribution in [2.24, 2.45) is 0 Å². The molecule has 0 saturated heterocycles. The molecule has 0 aromatic carbocycles. The standard InChI is InChI=1S/C8H18O.CH4O/c1-3-5-7-9-8-6-4-2;1-2/h3-8H2,1-2H3;2H,1H3. The van der Waals surface area contributed by atoms with E-state index in [2.05, 4.69) is 13.8 Å². The van der Waals surface area contributed by atoms with E-state index in [1.54, 1.807) is 0 Å². The van der Waals surface area contributed by atoms with E-state index in [-0.39, 0.29) is 0 Å². The van der Waals surface area contributed by atoms with Crippen LogP contribution in [0.4, 0.5) is 0 Å². The van der Waals surface area contributed by atoms with Crippen LogP contribution in [0.25, 0.3) is 0 Å². The lowest BCUT2D eigenvalue weighted by atomic mass is 10.3. The lowest BCUT2D eigenvalue weighted by Gasteiger charge is -1.99. The van der Waals surface area contributed by atoms with Gasteiger partial charge in [0.15, 0.2) is 0 Å². The van der Waals surface area contributed by atoms with Crippen molar-refractivity contribution < 1.29 is 9.84 Å². The summed E-state index contributed by atoms with van der Waals surface area (Å²) in [6.07, 6.45) is 4.91. The molecule has 11 heavy (non-hydrogen) atoms. The van der Waals surface area contributed by atoms with Gasteiger partial charge in [-0.1, -0.05) is 26.7 Å². The Morgan fingerprint density at radius 1 is 0.909 bits per heavy atom. The van der Waals surface area contributed by atoms with E-state index in [0.29, 0.717) is 0 Å². The molecule has 0 amide bonds. The minimum Gasteiger partial charge on any atom is -0.400 e. The third kappa shape index (κ3) is 17.8. The first-order chi connectivity index (χ1) is 5.41. The number of ether oxygens (including phenoxy) is 1. The van der Waals surface area contributed by atoms with Crippen LogP contribution in [0.1, 0.15) is 39.5 Å². The van der Waals surface area contributed by atoms with Crippen LogP contribution in [0.5, 0.6) is 0 Å². The van der Waals surface area contributed by atoms with E-state index >= 15 is 0 Å². The minimum atomic E-state index is 0.955. The second kappa shape index (κ2) is 16.5. The molecule has 0 spiro atoms. The number of aliphatic hydroxyl groups excluding tert-OH is 1. The first kappa shape index (κ1) is 13.5. The summed E-state index contributed by atoms with van der Waals surface area (Å²) >= 11 is 0. The molecule has 2 heteroatoms. The molecule has 0 heterocycles. The van der Waals surface area contributed by atoms with Gasteiger partial charge in [0.1, 0.15) is 0 Å². The average Bonchev–Trinajstić information content (AvgIpc) is 2.08. The highest BCUT2D eigenvalue weighted by molar-refractivity contribution is 4.33. The molecule has 0 radical (unpaired) electrons. The van der Waals surface area contributed by atoms with Gasteiger partial charge in [-0.3, -0.25) is 0 Å². The molecular formula is C9H22O2. The number of hydrogen-bond donors (Lipinski definition) is 1.